The topological polar surface area (TPSA) is 99.2 Å². The minimum Gasteiger partial charge on any atom is -0.451 e. The van der Waals surface area contributed by atoms with E-state index in [2.05, 4.69) is 15.1 Å². The van der Waals surface area contributed by atoms with Crippen molar-refractivity contribution in [2.24, 2.45) is 0 Å². The molecule has 1 aliphatic heterocycles. The number of halogens is 5. The van der Waals surface area contributed by atoms with Crippen LogP contribution in [0.5, 0.6) is 11.5 Å². The highest BCUT2D eigenvalue weighted by molar-refractivity contribution is 5.98. The van der Waals surface area contributed by atoms with Gasteiger partial charge >= 0.3 is 0 Å². The number of nitrogens with zero attached hydrogens (tertiary/aromatic N) is 5. The molecule has 6 rings (SSSR count). The molecule has 3 heterocycles. The highest BCUT2D eigenvalue weighted by Crippen LogP contribution is 2.37. The number of ether oxygens (including phenoxy) is 1. The smallest absolute Gasteiger partial charge is 0.246 e. The van der Waals surface area contributed by atoms with Gasteiger partial charge < -0.3 is 15.4 Å². The van der Waals surface area contributed by atoms with Gasteiger partial charge in [0.1, 0.15) is 29.4 Å². The van der Waals surface area contributed by atoms with E-state index in [9.17, 15) is 22.4 Å². The Hall–Kier alpha value is -5.33. The molecule has 1 unspecified atom stereocenters. The van der Waals surface area contributed by atoms with E-state index >= 15 is 4.39 Å². The van der Waals surface area contributed by atoms with E-state index in [1.807, 2.05) is 30.3 Å². The van der Waals surface area contributed by atoms with Crippen LogP contribution in [-0.4, -0.2) is 43.6 Å². The Kier molecular flexibility index (Phi) is 7.22. The second-order valence-corrected chi connectivity index (χ2v) is 9.76. The number of benzene rings is 3. The van der Waals surface area contributed by atoms with Crippen LogP contribution in [0.3, 0.4) is 0 Å². The highest BCUT2D eigenvalue weighted by Gasteiger charge is 2.31. The van der Waals surface area contributed by atoms with E-state index in [1.165, 1.54) is 18.5 Å². The molecule has 3 aromatic carbocycles. The summed E-state index contributed by atoms with van der Waals surface area (Å²) in [6.45, 7) is 0.767. The van der Waals surface area contributed by atoms with E-state index in [-0.39, 0.29) is 40.5 Å². The number of hydrogen-bond acceptors (Lipinski definition) is 6. The second kappa shape index (κ2) is 11.2. The quantitative estimate of drug-likeness (QED) is 0.146. The Bertz CT molecular complexity index is 1870. The SMILES string of the molecule is Nc1ncnc2c1c(-c1ccc(Oc3c(F)c(F)cc(F)c3F)cc1F)nn2C1CCN(C(=O)C=Cc2ccccc2)C1. The van der Waals surface area contributed by atoms with Crippen LogP contribution in [0.15, 0.2) is 67.0 Å². The van der Waals surface area contributed by atoms with Gasteiger partial charge in [-0.3, -0.25) is 4.79 Å². The third-order valence-electron chi connectivity index (χ3n) is 7.04. The van der Waals surface area contributed by atoms with Crippen molar-refractivity contribution in [3.05, 3.63) is 102 Å². The van der Waals surface area contributed by atoms with Gasteiger partial charge in [0.05, 0.1) is 11.4 Å². The fourth-order valence-corrected chi connectivity index (χ4v) is 4.93. The Labute approximate surface area is 240 Å². The van der Waals surface area contributed by atoms with Gasteiger partial charge in [-0.15, -0.1) is 0 Å². The Balaban J connectivity index is 1.29. The predicted molar refractivity (Wildman–Crippen MR) is 147 cm³/mol. The number of nitrogens with two attached hydrogens (primary N) is 1. The molecule has 0 spiro atoms. The summed E-state index contributed by atoms with van der Waals surface area (Å²) in [4.78, 5) is 22.8. The Morgan fingerprint density at radius 2 is 1.70 bits per heavy atom. The normalized spacial score (nSPS) is 15.1. The van der Waals surface area contributed by atoms with Crippen molar-refractivity contribution >= 4 is 28.8 Å². The van der Waals surface area contributed by atoms with Crippen LogP contribution in [-0.2, 0) is 4.79 Å². The number of fused-ring (bicyclic) bond motifs is 1. The summed E-state index contributed by atoms with van der Waals surface area (Å²) in [5, 5.41) is 4.85. The van der Waals surface area contributed by atoms with Crippen LogP contribution in [0.2, 0.25) is 0 Å². The van der Waals surface area contributed by atoms with Crippen LogP contribution >= 0.6 is 0 Å². The van der Waals surface area contributed by atoms with E-state index in [4.69, 9.17) is 10.5 Å². The number of aromatic nitrogens is 4. The summed E-state index contributed by atoms with van der Waals surface area (Å²) in [5.74, 6) is -9.72. The van der Waals surface area contributed by atoms with Crippen LogP contribution in [0.4, 0.5) is 27.8 Å². The minimum atomic E-state index is -1.77. The number of nitrogen functional groups attached to an aromatic ring is 1. The fourth-order valence-electron chi connectivity index (χ4n) is 4.93. The number of anilines is 1. The molecule has 0 radical (unpaired) electrons. The first-order valence-corrected chi connectivity index (χ1v) is 13.0. The molecule has 1 fully saturated rings. The fraction of sp³-hybridized carbons (Fsp3) is 0.133. The maximum absolute atomic E-state index is 15.4. The number of hydrogen-bond donors (Lipinski definition) is 1. The predicted octanol–water partition coefficient (Wildman–Crippen LogP) is 6.05. The van der Waals surface area contributed by atoms with Crippen molar-refractivity contribution in [3.63, 3.8) is 0 Å². The lowest BCUT2D eigenvalue weighted by Crippen LogP contribution is -2.27. The molecular formula is C30H21F5N6O2. The largest absolute Gasteiger partial charge is 0.451 e. The number of likely N-dealkylation sites (tertiary alicyclic amines) is 1. The van der Waals surface area contributed by atoms with Gasteiger partial charge in [-0.25, -0.2) is 27.8 Å². The van der Waals surface area contributed by atoms with E-state index < -0.39 is 40.6 Å². The van der Waals surface area contributed by atoms with Gasteiger partial charge in [-0.05, 0) is 30.2 Å². The minimum absolute atomic E-state index is 0.0297. The second-order valence-electron chi connectivity index (χ2n) is 9.76. The van der Waals surface area contributed by atoms with Gasteiger partial charge in [0.25, 0.3) is 0 Å². The first-order chi connectivity index (χ1) is 20.7. The lowest BCUT2D eigenvalue weighted by molar-refractivity contribution is -0.125. The zero-order valence-corrected chi connectivity index (χ0v) is 22.1. The molecule has 0 bridgehead atoms. The molecule has 8 nitrogen and oxygen atoms in total. The molecule has 1 aliphatic rings. The van der Waals surface area contributed by atoms with Crippen molar-refractivity contribution in [3.8, 4) is 22.8 Å². The Morgan fingerprint density at radius 3 is 2.42 bits per heavy atom. The molecule has 5 aromatic rings. The zero-order valence-electron chi connectivity index (χ0n) is 22.1. The van der Waals surface area contributed by atoms with Crippen molar-refractivity contribution in [1.29, 1.82) is 0 Å². The summed E-state index contributed by atoms with van der Waals surface area (Å²) in [7, 11) is 0. The van der Waals surface area contributed by atoms with Gasteiger partial charge in [0.2, 0.25) is 23.3 Å². The number of carbonyl (C=O) groups excluding carboxylic acids is 1. The van der Waals surface area contributed by atoms with Crippen molar-refractivity contribution in [1.82, 2.24) is 24.6 Å². The molecule has 1 atom stereocenters. The third-order valence-corrected chi connectivity index (χ3v) is 7.04. The maximum Gasteiger partial charge on any atom is 0.246 e. The van der Waals surface area contributed by atoms with Crippen LogP contribution in [0.25, 0.3) is 28.4 Å². The molecule has 43 heavy (non-hydrogen) atoms. The number of carbonyl (C=O) groups is 1. The molecule has 218 valence electrons. The van der Waals surface area contributed by atoms with Crippen molar-refractivity contribution in [2.45, 2.75) is 12.5 Å². The number of rotatable bonds is 6. The summed E-state index contributed by atoms with van der Waals surface area (Å²) in [5.41, 5.74) is 7.36. The summed E-state index contributed by atoms with van der Waals surface area (Å²) >= 11 is 0. The maximum atomic E-state index is 15.4. The van der Waals surface area contributed by atoms with Gasteiger partial charge in [0, 0.05) is 36.9 Å². The lowest BCUT2D eigenvalue weighted by Gasteiger charge is -2.15. The lowest BCUT2D eigenvalue weighted by atomic mass is 10.1. The average Bonchev–Trinajstić information content (AvgIpc) is 3.64. The van der Waals surface area contributed by atoms with Crippen molar-refractivity contribution < 1.29 is 31.5 Å². The molecule has 13 heteroatoms. The molecule has 1 amide bonds. The molecule has 0 saturated carbocycles. The average molecular weight is 593 g/mol. The van der Waals surface area contributed by atoms with E-state index in [0.717, 1.165) is 17.7 Å². The van der Waals surface area contributed by atoms with Crippen LogP contribution < -0.4 is 10.5 Å². The van der Waals surface area contributed by atoms with Gasteiger partial charge in [-0.1, -0.05) is 30.3 Å². The first kappa shape index (κ1) is 27.8. The molecule has 2 aromatic heterocycles. The number of amides is 1. The summed E-state index contributed by atoms with van der Waals surface area (Å²) in [6, 6.07) is 12.3. The highest BCUT2D eigenvalue weighted by atomic mass is 19.2. The molecule has 0 aliphatic carbocycles. The van der Waals surface area contributed by atoms with Crippen LogP contribution in [0, 0.1) is 29.1 Å². The van der Waals surface area contributed by atoms with E-state index in [0.29, 0.717) is 25.2 Å². The van der Waals surface area contributed by atoms with Crippen LogP contribution in [0.1, 0.15) is 18.0 Å². The molecule has 1 saturated heterocycles. The summed E-state index contributed by atoms with van der Waals surface area (Å²) in [6.07, 6.45) is 5.02. The standard InChI is InChI=1S/C30H21F5N6O2/c31-20-12-18(43-28-25(34)21(32)13-22(33)26(28)35)7-8-19(20)27-24-29(36)37-15-38-30(24)41(39-27)17-10-11-40(14-17)23(42)9-6-16-4-2-1-3-5-16/h1-9,12-13,15,17H,10-11,14H2,(H2,36,37,38). The Morgan fingerprint density at radius 1 is 0.953 bits per heavy atom. The third kappa shape index (κ3) is 5.25. The van der Waals surface area contributed by atoms with E-state index in [1.54, 1.807) is 15.7 Å². The first-order valence-electron chi connectivity index (χ1n) is 13.0. The monoisotopic (exact) mass is 592 g/mol. The van der Waals surface area contributed by atoms with Gasteiger partial charge in [-0.2, -0.15) is 13.9 Å². The summed E-state index contributed by atoms with van der Waals surface area (Å²) < 4.78 is 77.3. The molecule has 2 N–H and O–H groups in total. The van der Waals surface area contributed by atoms with Crippen molar-refractivity contribution in [2.75, 3.05) is 18.8 Å². The molecular weight excluding hydrogens is 571 g/mol. The zero-order chi connectivity index (χ0) is 30.2. The van der Waals surface area contributed by atoms with Gasteiger partial charge in [0.15, 0.2) is 17.3 Å².